The minimum atomic E-state index is -0.744. The molecular weight excluding hydrogens is 388 g/mol. The van der Waals surface area contributed by atoms with E-state index in [0.717, 1.165) is 0 Å². The van der Waals surface area contributed by atoms with Crippen molar-refractivity contribution < 1.29 is 33.1 Å². The number of hydrogen-bond donors (Lipinski definition) is 0. The second-order valence-corrected chi connectivity index (χ2v) is 9.69. The SMILES string of the molecule is CCC1OC(=O)c2coc3c2C1(C)C1C(OC(C)=O)CC2(C)C(=O)CCC2C1C3=O. The van der Waals surface area contributed by atoms with Crippen LogP contribution < -0.4 is 0 Å². The Kier molecular flexibility index (Phi) is 3.94. The summed E-state index contributed by atoms with van der Waals surface area (Å²) in [6.07, 6.45) is 2.20. The maximum Gasteiger partial charge on any atom is 0.342 e. The minimum Gasteiger partial charge on any atom is -0.462 e. The summed E-state index contributed by atoms with van der Waals surface area (Å²) in [7, 11) is 0. The van der Waals surface area contributed by atoms with Gasteiger partial charge < -0.3 is 13.9 Å². The quantitative estimate of drug-likeness (QED) is 0.685. The molecule has 0 spiro atoms. The highest BCUT2D eigenvalue weighted by atomic mass is 16.6. The first-order chi connectivity index (χ1) is 14.1. The number of fused-ring (bicyclic) bond motifs is 4. The largest absolute Gasteiger partial charge is 0.462 e. The lowest BCUT2D eigenvalue weighted by molar-refractivity contribution is -0.171. The van der Waals surface area contributed by atoms with Crippen molar-refractivity contribution in [2.45, 2.75) is 71.0 Å². The second-order valence-electron chi connectivity index (χ2n) is 9.69. The van der Waals surface area contributed by atoms with Crippen LogP contribution in [-0.4, -0.2) is 35.7 Å². The molecule has 7 unspecified atom stereocenters. The number of ether oxygens (including phenoxy) is 2. The average Bonchev–Trinajstić information content (AvgIpc) is 3.25. The van der Waals surface area contributed by atoms with Crippen molar-refractivity contribution in [2.24, 2.45) is 23.2 Å². The molecule has 30 heavy (non-hydrogen) atoms. The van der Waals surface area contributed by atoms with Crippen LogP contribution in [0.1, 0.15) is 79.9 Å². The van der Waals surface area contributed by atoms with Crippen molar-refractivity contribution in [3.8, 4) is 0 Å². The molecule has 0 N–H and O–H groups in total. The number of furan rings is 1. The van der Waals surface area contributed by atoms with E-state index in [-0.39, 0.29) is 34.7 Å². The highest BCUT2D eigenvalue weighted by Gasteiger charge is 2.69. The van der Waals surface area contributed by atoms with Crippen molar-refractivity contribution in [3.05, 3.63) is 23.2 Å². The summed E-state index contributed by atoms with van der Waals surface area (Å²) in [6.45, 7) is 7.17. The summed E-state index contributed by atoms with van der Waals surface area (Å²) in [5.41, 5.74) is -0.595. The van der Waals surface area contributed by atoms with Gasteiger partial charge >= 0.3 is 11.9 Å². The normalized spacial score (nSPS) is 41.6. The Bertz CT molecular complexity index is 990. The molecule has 2 saturated carbocycles. The van der Waals surface area contributed by atoms with Gasteiger partial charge in [-0.1, -0.05) is 20.8 Å². The molecule has 7 nitrogen and oxygen atoms in total. The number of ketones is 2. The fourth-order valence-electron chi connectivity index (χ4n) is 7.14. The smallest absolute Gasteiger partial charge is 0.342 e. The first-order valence-corrected chi connectivity index (χ1v) is 10.7. The van der Waals surface area contributed by atoms with Crippen molar-refractivity contribution in [3.63, 3.8) is 0 Å². The van der Waals surface area contributed by atoms with Gasteiger partial charge in [0.1, 0.15) is 29.8 Å². The molecule has 0 radical (unpaired) electrons. The average molecular weight is 414 g/mol. The minimum absolute atomic E-state index is 0.120. The molecule has 2 fully saturated rings. The summed E-state index contributed by atoms with van der Waals surface area (Å²) in [4.78, 5) is 51.2. The highest BCUT2D eigenvalue weighted by molar-refractivity contribution is 6.05. The van der Waals surface area contributed by atoms with Crippen molar-refractivity contribution in [1.29, 1.82) is 0 Å². The number of carbonyl (C=O) groups is 4. The van der Waals surface area contributed by atoms with Gasteiger partial charge in [0.25, 0.3) is 0 Å². The van der Waals surface area contributed by atoms with Gasteiger partial charge in [0.15, 0.2) is 5.76 Å². The zero-order valence-electron chi connectivity index (χ0n) is 17.7. The van der Waals surface area contributed by atoms with Crippen molar-refractivity contribution in [1.82, 2.24) is 0 Å². The topological polar surface area (TPSA) is 99.9 Å². The number of cyclic esters (lactones) is 1. The van der Waals surface area contributed by atoms with E-state index >= 15 is 0 Å². The molecule has 5 rings (SSSR count). The predicted molar refractivity (Wildman–Crippen MR) is 103 cm³/mol. The molecule has 0 aromatic carbocycles. The maximum atomic E-state index is 13.7. The van der Waals surface area contributed by atoms with E-state index in [2.05, 4.69) is 0 Å². The Labute approximate surface area is 174 Å². The Morgan fingerprint density at radius 2 is 2.00 bits per heavy atom. The van der Waals surface area contributed by atoms with Crippen molar-refractivity contribution >= 4 is 23.5 Å². The molecule has 7 atom stereocenters. The van der Waals surface area contributed by atoms with Crippen LogP contribution in [0.3, 0.4) is 0 Å². The van der Waals surface area contributed by atoms with Crippen LogP contribution in [-0.2, 0) is 24.5 Å². The van der Waals surface area contributed by atoms with Gasteiger partial charge in [-0.05, 0) is 25.2 Å². The molecule has 1 aliphatic heterocycles. The maximum absolute atomic E-state index is 13.7. The van der Waals surface area contributed by atoms with Gasteiger partial charge in [0.2, 0.25) is 5.78 Å². The number of esters is 2. The number of carbonyl (C=O) groups excluding carboxylic acids is 4. The zero-order valence-corrected chi connectivity index (χ0v) is 17.7. The molecule has 0 bridgehead atoms. The third kappa shape index (κ3) is 2.16. The van der Waals surface area contributed by atoms with Crippen LogP contribution in [0.4, 0.5) is 0 Å². The molecule has 1 aromatic heterocycles. The Hall–Kier alpha value is -2.44. The first-order valence-electron chi connectivity index (χ1n) is 10.7. The lowest BCUT2D eigenvalue weighted by Crippen LogP contribution is -2.65. The summed E-state index contributed by atoms with van der Waals surface area (Å²) in [5.74, 6) is -1.86. The number of hydrogen-bond acceptors (Lipinski definition) is 7. The Balaban J connectivity index is 1.77. The van der Waals surface area contributed by atoms with Gasteiger partial charge in [-0.3, -0.25) is 14.4 Å². The zero-order chi connectivity index (χ0) is 21.6. The van der Waals surface area contributed by atoms with Gasteiger partial charge in [0, 0.05) is 41.6 Å². The molecular formula is C23H26O7. The molecule has 0 amide bonds. The third-order valence-electron chi connectivity index (χ3n) is 8.36. The van der Waals surface area contributed by atoms with E-state index in [4.69, 9.17) is 13.9 Å². The fourth-order valence-corrected chi connectivity index (χ4v) is 7.14. The standard InChI is InChI=1S/C23H26O7/c1-5-15-23(4)17-11(21(27)30-15)9-28-20(17)19(26)16-12-6-7-14(25)22(12,3)8-13(18(16)23)29-10(2)24/h9,12-13,15-16,18H,5-8H2,1-4H3. The van der Waals surface area contributed by atoms with Gasteiger partial charge in [-0.2, -0.15) is 0 Å². The summed E-state index contributed by atoms with van der Waals surface area (Å²) < 4.78 is 17.2. The monoisotopic (exact) mass is 414 g/mol. The predicted octanol–water partition coefficient (Wildman–Crippen LogP) is 3.24. The van der Waals surface area contributed by atoms with Gasteiger partial charge in [-0.25, -0.2) is 4.79 Å². The highest BCUT2D eigenvalue weighted by Crippen LogP contribution is 2.64. The molecule has 0 saturated heterocycles. The van der Waals surface area contributed by atoms with Crippen LogP contribution in [0.15, 0.2) is 10.7 Å². The van der Waals surface area contributed by atoms with Gasteiger partial charge in [0.05, 0.1) is 0 Å². The van der Waals surface area contributed by atoms with E-state index < -0.39 is 40.9 Å². The first kappa shape index (κ1) is 19.5. The second kappa shape index (κ2) is 6.05. The Morgan fingerprint density at radius 3 is 2.67 bits per heavy atom. The molecule has 4 aliphatic rings. The van der Waals surface area contributed by atoms with E-state index in [1.807, 2.05) is 20.8 Å². The molecule has 2 heterocycles. The van der Waals surface area contributed by atoms with Gasteiger partial charge in [-0.15, -0.1) is 0 Å². The van der Waals surface area contributed by atoms with Crippen LogP contribution >= 0.6 is 0 Å². The molecule has 7 heteroatoms. The van der Waals surface area contributed by atoms with Crippen LogP contribution in [0.25, 0.3) is 0 Å². The fraction of sp³-hybridized carbons (Fsp3) is 0.652. The number of rotatable bonds is 2. The number of Topliss-reactive ketones (excluding diaryl/α,β-unsaturated/α-hetero) is 2. The molecule has 3 aliphatic carbocycles. The lowest BCUT2D eigenvalue weighted by Gasteiger charge is -2.58. The van der Waals surface area contributed by atoms with Crippen LogP contribution in [0.2, 0.25) is 0 Å². The Morgan fingerprint density at radius 1 is 1.27 bits per heavy atom. The van der Waals surface area contributed by atoms with E-state index in [9.17, 15) is 19.2 Å². The van der Waals surface area contributed by atoms with E-state index in [0.29, 0.717) is 31.2 Å². The van der Waals surface area contributed by atoms with Crippen LogP contribution in [0, 0.1) is 23.2 Å². The molecule has 160 valence electrons. The van der Waals surface area contributed by atoms with E-state index in [1.165, 1.54) is 13.2 Å². The lowest BCUT2D eigenvalue weighted by atomic mass is 9.46. The summed E-state index contributed by atoms with van der Waals surface area (Å²) in [5, 5.41) is 0. The summed E-state index contributed by atoms with van der Waals surface area (Å²) in [6, 6.07) is 0. The van der Waals surface area contributed by atoms with Crippen molar-refractivity contribution in [2.75, 3.05) is 0 Å². The summed E-state index contributed by atoms with van der Waals surface area (Å²) >= 11 is 0. The van der Waals surface area contributed by atoms with E-state index in [1.54, 1.807) is 0 Å². The molecule has 1 aromatic rings. The van der Waals surface area contributed by atoms with Crippen LogP contribution in [0.5, 0.6) is 0 Å². The third-order valence-corrected chi connectivity index (χ3v) is 8.36.